The van der Waals surface area contributed by atoms with E-state index < -0.39 is 0 Å². The third-order valence-corrected chi connectivity index (χ3v) is 2.81. The summed E-state index contributed by atoms with van der Waals surface area (Å²) in [6, 6.07) is 5.79. The minimum atomic E-state index is 0.627. The fourth-order valence-corrected chi connectivity index (χ4v) is 1.75. The average molecular weight is 274 g/mol. The quantitative estimate of drug-likeness (QED) is 0.841. The first-order chi connectivity index (χ1) is 9.76. The van der Waals surface area contributed by atoms with Crippen LogP contribution >= 0.6 is 0 Å². The Kier molecular flexibility index (Phi) is 4.60. The highest BCUT2D eigenvalue weighted by atomic mass is 16.5. The summed E-state index contributed by atoms with van der Waals surface area (Å²) in [7, 11) is 5.05. The summed E-state index contributed by atoms with van der Waals surface area (Å²) in [5, 5.41) is 6.16. The Morgan fingerprint density at radius 1 is 1.05 bits per heavy atom. The van der Waals surface area contributed by atoms with Gasteiger partial charge in [-0.1, -0.05) is 6.07 Å². The molecular weight excluding hydrogens is 256 g/mol. The van der Waals surface area contributed by atoms with Crippen molar-refractivity contribution in [1.29, 1.82) is 0 Å². The molecule has 0 spiro atoms. The highest BCUT2D eigenvalue weighted by molar-refractivity contribution is 5.45. The van der Waals surface area contributed by atoms with Crippen LogP contribution in [0.4, 0.5) is 11.6 Å². The molecule has 0 amide bonds. The fraction of sp³-hybridized carbons (Fsp3) is 0.286. The fourth-order valence-electron chi connectivity index (χ4n) is 1.75. The maximum absolute atomic E-state index is 5.27. The Labute approximate surface area is 118 Å². The molecule has 0 aliphatic carbocycles. The van der Waals surface area contributed by atoms with Crippen LogP contribution in [-0.2, 0) is 6.54 Å². The van der Waals surface area contributed by atoms with Crippen LogP contribution in [0.25, 0.3) is 0 Å². The molecule has 2 rings (SSSR count). The lowest BCUT2D eigenvalue weighted by molar-refractivity contribution is 0.354. The second kappa shape index (κ2) is 6.60. The second-order valence-corrected chi connectivity index (χ2v) is 4.08. The van der Waals surface area contributed by atoms with Crippen molar-refractivity contribution in [1.82, 2.24) is 9.97 Å². The van der Waals surface area contributed by atoms with Crippen LogP contribution in [0.5, 0.6) is 11.5 Å². The SMILES string of the molecule is CNc1cncc(NCc2ccc(OC)c(OC)c2)n1. The van der Waals surface area contributed by atoms with Crippen LogP contribution < -0.4 is 20.1 Å². The normalized spacial score (nSPS) is 9.95. The van der Waals surface area contributed by atoms with Crippen LogP contribution in [0.2, 0.25) is 0 Å². The molecule has 0 radical (unpaired) electrons. The second-order valence-electron chi connectivity index (χ2n) is 4.08. The van der Waals surface area contributed by atoms with E-state index in [2.05, 4.69) is 20.6 Å². The molecular formula is C14H18N4O2. The van der Waals surface area contributed by atoms with E-state index in [9.17, 15) is 0 Å². The van der Waals surface area contributed by atoms with Gasteiger partial charge < -0.3 is 20.1 Å². The maximum Gasteiger partial charge on any atom is 0.161 e. The van der Waals surface area contributed by atoms with Crippen molar-refractivity contribution in [2.75, 3.05) is 31.9 Å². The van der Waals surface area contributed by atoms with Crippen LogP contribution in [-0.4, -0.2) is 31.2 Å². The molecule has 0 atom stereocenters. The van der Waals surface area contributed by atoms with Gasteiger partial charge in [0.15, 0.2) is 11.5 Å². The largest absolute Gasteiger partial charge is 0.493 e. The highest BCUT2D eigenvalue weighted by Gasteiger charge is 2.05. The molecule has 0 saturated carbocycles. The Morgan fingerprint density at radius 2 is 1.80 bits per heavy atom. The lowest BCUT2D eigenvalue weighted by Crippen LogP contribution is -2.04. The van der Waals surface area contributed by atoms with Crippen LogP contribution in [0, 0.1) is 0 Å². The predicted molar refractivity (Wildman–Crippen MR) is 78.5 cm³/mol. The molecule has 6 nitrogen and oxygen atoms in total. The van der Waals surface area contributed by atoms with Gasteiger partial charge in [0, 0.05) is 13.6 Å². The lowest BCUT2D eigenvalue weighted by atomic mass is 10.2. The van der Waals surface area contributed by atoms with Gasteiger partial charge in [-0.2, -0.15) is 0 Å². The molecule has 106 valence electrons. The third-order valence-electron chi connectivity index (χ3n) is 2.81. The zero-order chi connectivity index (χ0) is 14.4. The molecule has 2 N–H and O–H groups in total. The van der Waals surface area contributed by atoms with Crippen molar-refractivity contribution in [3.8, 4) is 11.5 Å². The third kappa shape index (κ3) is 3.28. The minimum absolute atomic E-state index is 0.627. The van der Waals surface area contributed by atoms with E-state index in [1.165, 1.54) is 0 Å². The van der Waals surface area contributed by atoms with Crippen molar-refractivity contribution in [2.24, 2.45) is 0 Å². The molecule has 0 fully saturated rings. The van der Waals surface area contributed by atoms with Gasteiger partial charge in [-0.15, -0.1) is 0 Å². The predicted octanol–water partition coefficient (Wildman–Crippen LogP) is 2.15. The first kappa shape index (κ1) is 13.9. The molecule has 2 aromatic rings. The van der Waals surface area contributed by atoms with Crippen molar-refractivity contribution >= 4 is 11.6 Å². The number of benzene rings is 1. The maximum atomic E-state index is 5.27. The summed E-state index contributed by atoms with van der Waals surface area (Å²) < 4.78 is 10.5. The molecule has 6 heteroatoms. The zero-order valence-corrected chi connectivity index (χ0v) is 11.8. The number of rotatable bonds is 6. The van der Waals surface area contributed by atoms with E-state index in [4.69, 9.17) is 9.47 Å². The van der Waals surface area contributed by atoms with Gasteiger partial charge in [-0.3, -0.25) is 4.98 Å². The molecule has 0 saturated heterocycles. The van der Waals surface area contributed by atoms with Crippen LogP contribution in [0.15, 0.2) is 30.6 Å². The zero-order valence-electron chi connectivity index (χ0n) is 11.8. The number of hydrogen-bond acceptors (Lipinski definition) is 6. The molecule has 1 heterocycles. The van der Waals surface area contributed by atoms with Crippen molar-refractivity contribution < 1.29 is 9.47 Å². The highest BCUT2D eigenvalue weighted by Crippen LogP contribution is 2.27. The molecule has 1 aromatic carbocycles. The van der Waals surface area contributed by atoms with Gasteiger partial charge in [0.1, 0.15) is 11.6 Å². The van der Waals surface area contributed by atoms with E-state index in [1.807, 2.05) is 25.2 Å². The Hall–Kier alpha value is -2.50. The minimum Gasteiger partial charge on any atom is -0.493 e. The number of anilines is 2. The van der Waals surface area contributed by atoms with Gasteiger partial charge in [0.25, 0.3) is 0 Å². The number of aromatic nitrogens is 2. The van der Waals surface area contributed by atoms with Crippen LogP contribution in [0.1, 0.15) is 5.56 Å². The summed E-state index contributed by atoms with van der Waals surface area (Å²) in [5.74, 6) is 2.86. The summed E-state index contributed by atoms with van der Waals surface area (Å²) >= 11 is 0. The number of methoxy groups -OCH3 is 2. The summed E-state index contributed by atoms with van der Waals surface area (Å²) in [6.45, 7) is 0.627. The topological polar surface area (TPSA) is 68.3 Å². The van der Waals surface area contributed by atoms with E-state index >= 15 is 0 Å². The number of ether oxygens (including phenoxy) is 2. The monoisotopic (exact) mass is 274 g/mol. The van der Waals surface area contributed by atoms with Gasteiger partial charge in [-0.25, -0.2) is 4.98 Å². The Morgan fingerprint density at radius 3 is 2.50 bits per heavy atom. The number of nitrogens with one attached hydrogen (secondary N) is 2. The Bertz CT molecular complexity index is 575. The molecule has 0 unspecified atom stereocenters. The summed E-state index contributed by atoms with van der Waals surface area (Å²) in [4.78, 5) is 8.44. The van der Waals surface area contributed by atoms with E-state index in [1.54, 1.807) is 26.6 Å². The first-order valence-electron chi connectivity index (χ1n) is 6.21. The number of nitrogens with zero attached hydrogens (tertiary/aromatic N) is 2. The average Bonchev–Trinajstić information content (AvgIpc) is 2.52. The first-order valence-corrected chi connectivity index (χ1v) is 6.21. The lowest BCUT2D eigenvalue weighted by Gasteiger charge is -2.10. The number of hydrogen-bond donors (Lipinski definition) is 2. The van der Waals surface area contributed by atoms with E-state index in [0.717, 1.165) is 11.4 Å². The molecule has 1 aromatic heterocycles. The molecule has 0 aliphatic rings. The van der Waals surface area contributed by atoms with Crippen molar-refractivity contribution in [3.63, 3.8) is 0 Å². The summed E-state index contributed by atoms with van der Waals surface area (Å²) in [6.07, 6.45) is 3.35. The van der Waals surface area contributed by atoms with Gasteiger partial charge >= 0.3 is 0 Å². The van der Waals surface area contributed by atoms with Gasteiger partial charge in [0.05, 0.1) is 26.6 Å². The van der Waals surface area contributed by atoms with Crippen molar-refractivity contribution in [3.05, 3.63) is 36.2 Å². The van der Waals surface area contributed by atoms with E-state index in [0.29, 0.717) is 23.9 Å². The smallest absolute Gasteiger partial charge is 0.161 e. The van der Waals surface area contributed by atoms with Gasteiger partial charge in [0.2, 0.25) is 0 Å². The molecule has 0 aliphatic heterocycles. The summed E-state index contributed by atoms with van der Waals surface area (Å²) in [5.41, 5.74) is 1.07. The Balaban J connectivity index is 2.06. The van der Waals surface area contributed by atoms with Gasteiger partial charge in [-0.05, 0) is 17.7 Å². The standard InChI is InChI=1S/C14H18N4O2/c1-15-13-8-16-9-14(18-13)17-7-10-4-5-11(19-2)12(6-10)20-3/h4-6,8-9H,7H2,1-3H3,(H2,15,17,18). The molecule has 20 heavy (non-hydrogen) atoms. The van der Waals surface area contributed by atoms with E-state index in [-0.39, 0.29) is 0 Å². The van der Waals surface area contributed by atoms with Crippen LogP contribution in [0.3, 0.4) is 0 Å². The molecule has 0 bridgehead atoms. The van der Waals surface area contributed by atoms with Crippen molar-refractivity contribution in [2.45, 2.75) is 6.54 Å².